The summed E-state index contributed by atoms with van der Waals surface area (Å²) in [7, 11) is -0.454. The van der Waals surface area contributed by atoms with E-state index < -0.39 is 20.9 Å². The highest BCUT2D eigenvalue weighted by molar-refractivity contribution is 6.63. The molecule has 0 amide bonds. The van der Waals surface area contributed by atoms with Crippen molar-refractivity contribution in [2.24, 2.45) is 0 Å². The maximum atomic E-state index is 10.6. The van der Waals surface area contributed by atoms with E-state index in [2.05, 4.69) is 41.5 Å². The molecule has 0 fully saturated rings. The van der Waals surface area contributed by atoms with Crippen LogP contribution in [0.25, 0.3) is 0 Å². The Morgan fingerprint density at radius 1 is 0.905 bits per heavy atom. The van der Waals surface area contributed by atoms with Crippen LogP contribution in [0, 0.1) is 0 Å². The Bertz CT molecular complexity index is 249. The zero-order valence-corrected chi connectivity index (χ0v) is 16.3. The van der Waals surface area contributed by atoms with Gasteiger partial charge in [-0.05, 0) is 6.92 Å². The fourth-order valence-electron chi connectivity index (χ4n) is 2.31. The molecule has 0 aliphatic heterocycles. The van der Waals surface area contributed by atoms with Crippen molar-refractivity contribution >= 4 is 38.0 Å². The van der Waals surface area contributed by atoms with Gasteiger partial charge in [0, 0.05) is 8.80 Å². The van der Waals surface area contributed by atoms with Crippen LogP contribution in [-0.4, -0.2) is 30.9 Å². The zero-order chi connectivity index (χ0) is 18.0. The average molecular weight is 371 g/mol. The summed E-state index contributed by atoms with van der Waals surface area (Å²) in [4.78, 5) is 8.67. The lowest BCUT2D eigenvalue weighted by Crippen LogP contribution is -2.24. The number of hydrogen-bond acceptors (Lipinski definition) is 1. The van der Waals surface area contributed by atoms with Gasteiger partial charge in [0.05, 0.1) is 0 Å². The molecule has 2 nitrogen and oxygen atoms in total. The highest BCUT2D eigenvalue weighted by Crippen LogP contribution is 2.29. The molecule has 0 saturated heterocycles. The van der Waals surface area contributed by atoms with Crippen molar-refractivity contribution in [1.82, 2.24) is 0 Å². The first-order valence-corrected chi connectivity index (χ1v) is 9.60. The van der Waals surface area contributed by atoms with Gasteiger partial charge in [-0.1, -0.05) is 58.2 Å². The molecule has 130 valence electrons. The molecule has 0 aromatic heterocycles. The van der Waals surface area contributed by atoms with Crippen LogP contribution >= 0.6 is 23.2 Å². The Kier molecular flexibility index (Phi) is 15.6. The van der Waals surface area contributed by atoms with Crippen LogP contribution in [0.3, 0.4) is 0 Å². The summed E-state index contributed by atoms with van der Waals surface area (Å²) in [6, 6.07) is 0. The van der Waals surface area contributed by atoms with E-state index in [1.807, 2.05) is 0 Å². The largest absolute Gasteiger partial charge is 0.490 e. The lowest BCUT2D eigenvalue weighted by molar-refractivity contribution is -0.192. The number of aliphatic carboxylic acids is 1. The summed E-state index contributed by atoms with van der Waals surface area (Å²) in [5.41, 5.74) is 2.92. The quantitative estimate of drug-likeness (QED) is 0.496. The van der Waals surface area contributed by atoms with Crippen molar-refractivity contribution < 1.29 is 23.1 Å². The van der Waals surface area contributed by atoms with Gasteiger partial charge >= 0.3 is 12.1 Å². The molecular weight excluding hydrogens is 344 g/mol. The van der Waals surface area contributed by atoms with E-state index in [9.17, 15) is 13.2 Å². The van der Waals surface area contributed by atoms with Gasteiger partial charge < -0.3 is 5.11 Å². The fourth-order valence-corrected chi connectivity index (χ4v) is 6.93. The lowest BCUT2D eigenvalue weighted by atomic mass is 10.5. The summed E-state index contributed by atoms with van der Waals surface area (Å²) in [6.07, 6.45) is -5.08. The SMILES string of the molecule is CC(C)[SiH](C(C)C)C(C)C.CC(Cl)Cl.O=C(O)C(F)(F)F. The number of rotatable bonds is 3. The first-order chi connectivity index (χ1) is 9.14. The van der Waals surface area contributed by atoms with Crippen molar-refractivity contribution in [2.75, 3.05) is 0 Å². The summed E-state index contributed by atoms with van der Waals surface area (Å²) in [5, 5.41) is 7.12. The number of hydrogen-bond donors (Lipinski definition) is 1. The molecule has 0 rings (SSSR count). The second-order valence-electron chi connectivity index (χ2n) is 5.63. The summed E-state index contributed by atoms with van der Waals surface area (Å²) >= 11 is 10.1. The predicted octanol–water partition coefficient (Wildman–Crippen LogP) is 5.89. The van der Waals surface area contributed by atoms with Crippen LogP contribution in [0.1, 0.15) is 48.5 Å². The Morgan fingerprint density at radius 2 is 1.05 bits per heavy atom. The molecule has 0 radical (unpaired) electrons. The van der Waals surface area contributed by atoms with Crippen molar-refractivity contribution in [1.29, 1.82) is 0 Å². The van der Waals surface area contributed by atoms with Crippen LogP contribution in [0.2, 0.25) is 16.6 Å². The maximum Gasteiger partial charge on any atom is 0.490 e. The number of carboxylic acids is 1. The second-order valence-corrected chi connectivity index (χ2v) is 12.3. The Balaban J connectivity index is -0.000000256. The molecule has 0 aliphatic rings. The Morgan fingerprint density at radius 3 is 1.05 bits per heavy atom. The van der Waals surface area contributed by atoms with Crippen molar-refractivity contribution in [3.8, 4) is 0 Å². The number of carbonyl (C=O) groups is 1. The van der Waals surface area contributed by atoms with E-state index in [-0.39, 0.29) is 4.84 Å². The summed E-state index contributed by atoms with van der Waals surface area (Å²) < 4.78 is 31.7. The third kappa shape index (κ3) is 20.1. The lowest BCUT2D eigenvalue weighted by Gasteiger charge is -2.26. The molecule has 1 N–H and O–H groups in total. The Hall–Kier alpha value is 0.0569. The monoisotopic (exact) mass is 370 g/mol. The maximum absolute atomic E-state index is 10.6. The van der Waals surface area contributed by atoms with Gasteiger partial charge in [-0.2, -0.15) is 13.2 Å². The first kappa shape index (κ1) is 26.0. The third-order valence-corrected chi connectivity index (χ3v) is 7.17. The van der Waals surface area contributed by atoms with E-state index in [0.29, 0.717) is 0 Å². The first-order valence-electron chi connectivity index (χ1n) is 6.72. The van der Waals surface area contributed by atoms with Crippen LogP contribution in [0.5, 0.6) is 0 Å². The number of carboxylic acid groups (broad SMARTS) is 1. The molecule has 21 heavy (non-hydrogen) atoms. The molecule has 0 aromatic carbocycles. The summed E-state index contributed by atoms with van der Waals surface area (Å²) in [5.74, 6) is -2.76. The van der Waals surface area contributed by atoms with Crippen LogP contribution in [0.15, 0.2) is 0 Å². The van der Waals surface area contributed by atoms with E-state index in [0.717, 1.165) is 16.6 Å². The van der Waals surface area contributed by atoms with Crippen molar-refractivity contribution in [3.63, 3.8) is 0 Å². The van der Waals surface area contributed by atoms with E-state index in [1.165, 1.54) is 0 Å². The van der Waals surface area contributed by atoms with Gasteiger partial charge in [-0.3, -0.25) is 0 Å². The molecule has 0 bridgehead atoms. The zero-order valence-electron chi connectivity index (χ0n) is 13.6. The number of alkyl halides is 5. The van der Waals surface area contributed by atoms with E-state index in [4.69, 9.17) is 33.1 Å². The minimum Gasteiger partial charge on any atom is -0.475 e. The third-order valence-electron chi connectivity index (χ3n) is 2.55. The normalized spacial score (nSPS) is 11.5. The fraction of sp³-hybridized carbons (Fsp3) is 0.923. The smallest absolute Gasteiger partial charge is 0.475 e. The van der Waals surface area contributed by atoms with Gasteiger partial charge in [0.25, 0.3) is 0 Å². The topological polar surface area (TPSA) is 37.3 Å². The average Bonchev–Trinajstić information content (AvgIpc) is 2.12. The van der Waals surface area contributed by atoms with Gasteiger partial charge in [-0.25, -0.2) is 4.79 Å². The molecule has 0 heterocycles. The highest BCUT2D eigenvalue weighted by atomic mass is 35.5. The molecule has 0 unspecified atom stereocenters. The van der Waals surface area contributed by atoms with Crippen molar-refractivity contribution in [3.05, 3.63) is 0 Å². The summed E-state index contributed by atoms with van der Waals surface area (Å²) in [6.45, 7) is 16.0. The van der Waals surface area contributed by atoms with Gasteiger partial charge in [0.2, 0.25) is 0 Å². The molecule has 0 saturated carbocycles. The van der Waals surface area contributed by atoms with Crippen LogP contribution in [0.4, 0.5) is 13.2 Å². The minimum atomic E-state index is -5.08. The van der Waals surface area contributed by atoms with Gasteiger partial charge in [0.1, 0.15) is 4.84 Å². The van der Waals surface area contributed by atoms with Gasteiger partial charge in [0.15, 0.2) is 0 Å². The van der Waals surface area contributed by atoms with Crippen LogP contribution < -0.4 is 0 Å². The van der Waals surface area contributed by atoms with Crippen LogP contribution in [-0.2, 0) is 4.79 Å². The number of halogens is 5. The highest BCUT2D eigenvalue weighted by Gasteiger charge is 2.38. The van der Waals surface area contributed by atoms with Crippen molar-refractivity contribution in [2.45, 2.75) is 76.1 Å². The second kappa shape index (κ2) is 12.6. The predicted molar refractivity (Wildman–Crippen MR) is 87.3 cm³/mol. The molecule has 0 aliphatic carbocycles. The van der Waals surface area contributed by atoms with Gasteiger partial charge in [-0.15, -0.1) is 23.2 Å². The van der Waals surface area contributed by atoms with E-state index >= 15 is 0 Å². The molecule has 8 heteroatoms. The standard InChI is InChI=1S/C9H22Si.C2H4Cl2.C2HF3O2/c1-7(2)10(8(3)4)9(5)6;1-2(3)4;3-2(4,5)1(6)7/h7-10H,1-6H3;2H,1H3;(H,6,7). The molecule has 0 spiro atoms. The molecule has 0 aromatic rings. The molecular formula is C13H27Cl2F3O2Si. The minimum absolute atomic E-state index is 0.222. The van der Waals surface area contributed by atoms with E-state index in [1.54, 1.807) is 6.92 Å². The Labute approximate surface area is 137 Å². The molecule has 0 atom stereocenters.